The number of hydrogen-bond donors (Lipinski definition) is 0. The third kappa shape index (κ3) is 9.05. The first-order valence-electron chi connectivity index (χ1n) is 7.83. The normalized spacial score (nSPS) is 10.5. The van der Waals surface area contributed by atoms with E-state index in [9.17, 15) is 9.59 Å². The minimum atomic E-state index is -0.434. The van der Waals surface area contributed by atoms with Gasteiger partial charge < -0.3 is 9.15 Å². The lowest BCUT2D eigenvalue weighted by Gasteiger charge is -2.02. The second-order valence-corrected chi connectivity index (χ2v) is 5.35. The molecule has 0 amide bonds. The number of carbonyl (C=O) groups is 2. The van der Waals surface area contributed by atoms with Crippen molar-refractivity contribution in [1.29, 1.82) is 0 Å². The van der Waals surface area contributed by atoms with Crippen LogP contribution < -0.4 is 0 Å². The van der Waals surface area contributed by atoms with Crippen molar-refractivity contribution in [1.82, 2.24) is 0 Å². The van der Waals surface area contributed by atoms with Crippen molar-refractivity contribution in [2.45, 2.75) is 64.2 Å². The predicted molar refractivity (Wildman–Crippen MR) is 81.0 cm³/mol. The zero-order valence-electron chi connectivity index (χ0n) is 12.9. The summed E-state index contributed by atoms with van der Waals surface area (Å²) in [5.74, 6) is 0.621. The first kappa shape index (κ1) is 17.5. The van der Waals surface area contributed by atoms with Crippen molar-refractivity contribution in [3.8, 4) is 0 Å². The van der Waals surface area contributed by atoms with Gasteiger partial charge in [-0.3, -0.25) is 9.59 Å². The Morgan fingerprint density at radius 2 is 1.71 bits per heavy atom. The van der Waals surface area contributed by atoms with Gasteiger partial charge in [0.2, 0.25) is 0 Å². The topological polar surface area (TPSA) is 56.5 Å². The molecule has 0 saturated heterocycles. The molecule has 0 N–H and O–H groups in total. The number of methoxy groups -OCH3 is 1. The summed E-state index contributed by atoms with van der Waals surface area (Å²) in [5, 5.41) is 0. The van der Waals surface area contributed by atoms with E-state index in [0.29, 0.717) is 6.42 Å². The maximum absolute atomic E-state index is 11.4. The highest BCUT2D eigenvalue weighted by Crippen LogP contribution is 2.12. The fourth-order valence-electron chi connectivity index (χ4n) is 2.28. The second kappa shape index (κ2) is 11.1. The van der Waals surface area contributed by atoms with E-state index in [1.165, 1.54) is 32.8 Å². The fraction of sp³-hybridized carbons (Fsp3) is 0.647. The Labute approximate surface area is 126 Å². The summed E-state index contributed by atoms with van der Waals surface area (Å²) in [5.41, 5.74) is 0. The van der Waals surface area contributed by atoms with Gasteiger partial charge in [-0.15, -0.1) is 0 Å². The molecule has 0 radical (unpaired) electrons. The van der Waals surface area contributed by atoms with Crippen molar-refractivity contribution in [3.63, 3.8) is 0 Å². The number of furan rings is 1. The number of esters is 1. The van der Waals surface area contributed by atoms with Crippen LogP contribution in [0.25, 0.3) is 0 Å². The van der Waals surface area contributed by atoms with Crippen LogP contribution >= 0.6 is 0 Å². The average molecular weight is 294 g/mol. The molecule has 0 aliphatic carbocycles. The van der Waals surface area contributed by atoms with Gasteiger partial charge in [-0.1, -0.05) is 32.1 Å². The Balaban J connectivity index is 1.84. The van der Waals surface area contributed by atoms with Crippen LogP contribution in [0.3, 0.4) is 0 Å². The minimum absolute atomic E-state index is 0.0136. The highest BCUT2D eigenvalue weighted by Gasteiger charge is 2.08. The number of unbranched alkanes of at least 4 members (excludes halogenated alkanes) is 6. The molecular formula is C17H26O4. The first-order chi connectivity index (χ1) is 10.2. The first-order valence-corrected chi connectivity index (χ1v) is 7.83. The zero-order chi connectivity index (χ0) is 15.3. The van der Waals surface area contributed by atoms with E-state index in [-0.39, 0.29) is 12.2 Å². The average Bonchev–Trinajstić information content (AvgIpc) is 2.98. The third-order valence-electron chi connectivity index (χ3n) is 3.53. The molecule has 1 rings (SSSR count). The maximum Gasteiger partial charge on any atom is 0.313 e. The summed E-state index contributed by atoms with van der Waals surface area (Å²) in [6.07, 6.45) is 11.1. The lowest BCUT2D eigenvalue weighted by atomic mass is 10.0. The van der Waals surface area contributed by atoms with Gasteiger partial charge in [0.05, 0.1) is 13.4 Å². The molecular weight excluding hydrogens is 268 g/mol. The molecule has 0 atom stereocenters. The van der Waals surface area contributed by atoms with Crippen molar-refractivity contribution in [2.75, 3.05) is 7.11 Å². The molecule has 4 heteroatoms. The van der Waals surface area contributed by atoms with E-state index < -0.39 is 5.97 Å². The van der Waals surface area contributed by atoms with Gasteiger partial charge in [-0.05, 0) is 25.0 Å². The molecule has 0 unspecified atom stereocenters. The Kier molecular flexibility index (Phi) is 9.25. The predicted octanol–water partition coefficient (Wildman–Crippen LogP) is 4.08. The second-order valence-electron chi connectivity index (χ2n) is 5.35. The quantitative estimate of drug-likeness (QED) is 0.331. The Bertz CT molecular complexity index is 395. The van der Waals surface area contributed by atoms with E-state index >= 15 is 0 Å². The summed E-state index contributed by atoms with van der Waals surface area (Å²) in [7, 11) is 1.31. The van der Waals surface area contributed by atoms with Crippen molar-refractivity contribution in [3.05, 3.63) is 24.2 Å². The fourth-order valence-corrected chi connectivity index (χ4v) is 2.28. The lowest BCUT2D eigenvalue weighted by Crippen LogP contribution is -2.08. The summed E-state index contributed by atoms with van der Waals surface area (Å²) < 4.78 is 9.75. The third-order valence-corrected chi connectivity index (χ3v) is 3.53. The van der Waals surface area contributed by atoms with E-state index in [4.69, 9.17) is 4.42 Å². The molecule has 21 heavy (non-hydrogen) atoms. The Hall–Kier alpha value is -1.58. The number of hydrogen-bond acceptors (Lipinski definition) is 4. The van der Waals surface area contributed by atoms with Crippen LogP contribution in [-0.4, -0.2) is 18.9 Å². The zero-order valence-corrected chi connectivity index (χ0v) is 12.9. The van der Waals surface area contributed by atoms with E-state index in [0.717, 1.165) is 31.4 Å². The number of Topliss-reactive ketones (excluding diaryl/α,β-unsaturated/α-hetero) is 1. The molecule has 1 heterocycles. The molecule has 1 aromatic heterocycles. The number of aryl methyl sites for hydroxylation is 1. The van der Waals surface area contributed by atoms with Gasteiger partial charge in [0, 0.05) is 12.8 Å². The van der Waals surface area contributed by atoms with Crippen molar-refractivity contribution < 1.29 is 18.7 Å². The molecule has 1 aromatic rings. The molecule has 0 aromatic carbocycles. The summed E-state index contributed by atoms with van der Waals surface area (Å²) in [6, 6.07) is 3.95. The van der Waals surface area contributed by atoms with Crippen molar-refractivity contribution >= 4 is 11.8 Å². The van der Waals surface area contributed by atoms with Crippen LogP contribution in [-0.2, 0) is 20.7 Å². The molecule has 0 aliphatic rings. The number of ketones is 1. The van der Waals surface area contributed by atoms with Crippen LogP contribution in [0.5, 0.6) is 0 Å². The molecule has 4 nitrogen and oxygen atoms in total. The van der Waals surface area contributed by atoms with E-state index in [1.54, 1.807) is 6.26 Å². The van der Waals surface area contributed by atoms with E-state index in [1.807, 2.05) is 12.1 Å². The molecule has 0 spiro atoms. The lowest BCUT2D eigenvalue weighted by molar-refractivity contribution is -0.143. The van der Waals surface area contributed by atoms with Crippen LogP contribution in [0.4, 0.5) is 0 Å². The largest absolute Gasteiger partial charge is 0.469 e. The minimum Gasteiger partial charge on any atom is -0.469 e. The highest BCUT2D eigenvalue weighted by molar-refractivity contribution is 5.95. The van der Waals surface area contributed by atoms with Gasteiger partial charge in [0.1, 0.15) is 18.0 Å². The molecule has 0 saturated carbocycles. The number of ether oxygens (including phenoxy) is 1. The van der Waals surface area contributed by atoms with Gasteiger partial charge in [0.15, 0.2) is 0 Å². The van der Waals surface area contributed by atoms with Crippen LogP contribution in [0, 0.1) is 0 Å². The summed E-state index contributed by atoms with van der Waals surface area (Å²) >= 11 is 0. The molecule has 0 bridgehead atoms. The maximum atomic E-state index is 11.4. The SMILES string of the molecule is COC(=O)CC(=O)CCCCCCCCCc1ccco1. The van der Waals surface area contributed by atoms with Crippen LogP contribution in [0.15, 0.2) is 22.8 Å². The van der Waals surface area contributed by atoms with Gasteiger partial charge in [0.25, 0.3) is 0 Å². The molecule has 0 aliphatic heterocycles. The van der Waals surface area contributed by atoms with Gasteiger partial charge >= 0.3 is 5.97 Å². The van der Waals surface area contributed by atoms with Crippen LogP contribution in [0.1, 0.15) is 63.5 Å². The smallest absolute Gasteiger partial charge is 0.313 e. The van der Waals surface area contributed by atoms with E-state index in [2.05, 4.69) is 4.74 Å². The summed E-state index contributed by atoms with van der Waals surface area (Å²) in [4.78, 5) is 22.3. The van der Waals surface area contributed by atoms with Crippen LogP contribution in [0.2, 0.25) is 0 Å². The molecule has 0 fully saturated rings. The van der Waals surface area contributed by atoms with Gasteiger partial charge in [-0.25, -0.2) is 0 Å². The summed E-state index contributed by atoms with van der Waals surface area (Å²) in [6.45, 7) is 0. The molecule has 118 valence electrons. The van der Waals surface area contributed by atoms with Crippen molar-refractivity contribution in [2.24, 2.45) is 0 Å². The number of carbonyl (C=O) groups excluding carboxylic acids is 2. The van der Waals surface area contributed by atoms with Gasteiger partial charge in [-0.2, -0.15) is 0 Å². The monoisotopic (exact) mass is 294 g/mol. The highest BCUT2D eigenvalue weighted by atomic mass is 16.5. The Morgan fingerprint density at radius 1 is 1.05 bits per heavy atom. The Morgan fingerprint density at radius 3 is 2.33 bits per heavy atom. The number of rotatable bonds is 12. The standard InChI is InChI=1S/C17H26O4/c1-20-17(19)14-15(18)10-7-5-3-2-4-6-8-11-16-12-9-13-21-16/h9,12-13H,2-8,10-11,14H2,1H3.